The van der Waals surface area contributed by atoms with Gasteiger partial charge in [0.25, 0.3) is 11.7 Å². The van der Waals surface area contributed by atoms with E-state index >= 15 is 0 Å². The maximum absolute atomic E-state index is 14.3. The molecule has 15 heteroatoms. The number of nitrogens with two attached hydrogens (primary N) is 1. The van der Waals surface area contributed by atoms with E-state index in [1.807, 2.05) is 44.2 Å². The van der Waals surface area contributed by atoms with Crippen LogP contribution in [0.2, 0.25) is 0 Å². The number of ether oxygens (including phenoxy) is 4. The summed E-state index contributed by atoms with van der Waals surface area (Å²) in [6, 6.07) is -2.07. The van der Waals surface area contributed by atoms with Crippen molar-refractivity contribution < 1.29 is 63.3 Å². The number of carbonyl (C=O) groups is 5. The van der Waals surface area contributed by atoms with Crippen LogP contribution in [0.3, 0.4) is 0 Å². The van der Waals surface area contributed by atoms with Gasteiger partial charge in [-0.25, -0.2) is 4.79 Å². The molecule has 3 fully saturated rings. The van der Waals surface area contributed by atoms with Crippen LogP contribution < -0.4 is 5.73 Å². The predicted molar refractivity (Wildman–Crippen MR) is 239 cm³/mol. The SMILES string of the molecule is CO[C@H]1C[C@@H]2CC[C@@H](C)[C@@](O)(O2)C(=O)C(=O)N2CCCC[C@H]2C(=O)O[C@H]([C@H](N)C[C@@H]2CC[C@@H](O)[C@H](OC)C2)CC(=O)[C@H](C)/C=C(\C)[C@@H](O)[C@@H](O)C(=O)[C@H](C)C[C@H](C)/C=C/C=CC=C1C. The monoisotopic (exact) mass is 901 g/mol. The molecule has 0 aromatic carbocycles. The van der Waals surface area contributed by atoms with Crippen molar-refractivity contribution >= 4 is 29.2 Å². The van der Waals surface area contributed by atoms with Gasteiger partial charge in [0.05, 0.1) is 24.4 Å². The van der Waals surface area contributed by atoms with Gasteiger partial charge >= 0.3 is 5.97 Å². The average molecular weight is 901 g/mol. The summed E-state index contributed by atoms with van der Waals surface area (Å²) in [5.74, 6) is -8.71. The number of rotatable bonds is 5. The third kappa shape index (κ3) is 13.8. The Morgan fingerprint density at radius 2 is 1.58 bits per heavy atom. The zero-order valence-electron chi connectivity index (χ0n) is 39.2. The lowest BCUT2D eigenvalue weighted by molar-refractivity contribution is -0.265. The van der Waals surface area contributed by atoms with Crippen LogP contribution in [-0.4, -0.2) is 136 Å². The molecule has 0 spiro atoms. The third-order valence-electron chi connectivity index (χ3n) is 14.0. The van der Waals surface area contributed by atoms with Crippen molar-refractivity contribution in [3.63, 3.8) is 0 Å². The molecule has 3 heterocycles. The molecule has 3 aliphatic heterocycles. The number of piperidine rings is 1. The molecule has 4 aliphatic rings. The summed E-state index contributed by atoms with van der Waals surface area (Å²) in [5.41, 5.74) is 7.87. The molecule has 0 aromatic rings. The number of ketones is 3. The lowest BCUT2D eigenvalue weighted by Crippen LogP contribution is -2.61. The number of aliphatic hydroxyl groups is 4. The van der Waals surface area contributed by atoms with Gasteiger partial charge in [0.1, 0.15) is 30.1 Å². The first kappa shape index (κ1) is 53.2. The second-order valence-corrected chi connectivity index (χ2v) is 19.1. The van der Waals surface area contributed by atoms with E-state index in [2.05, 4.69) is 0 Å². The van der Waals surface area contributed by atoms with E-state index in [9.17, 15) is 44.4 Å². The zero-order valence-corrected chi connectivity index (χ0v) is 39.2. The number of carbonyl (C=O) groups excluding carboxylic acids is 5. The summed E-state index contributed by atoms with van der Waals surface area (Å²) in [6.45, 7) is 10.4. The van der Waals surface area contributed by atoms with Crippen LogP contribution in [0.15, 0.2) is 47.6 Å². The number of hydrogen-bond acceptors (Lipinski definition) is 14. The Hall–Kier alpha value is -3.41. The number of methoxy groups -OCH3 is 2. The van der Waals surface area contributed by atoms with E-state index in [4.69, 9.17) is 24.7 Å². The van der Waals surface area contributed by atoms with Gasteiger partial charge in [-0.1, -0.05) is 64.2 Å². The smallest absolute Gasteiger partial charge is 0.329 e. The first-order valence-electron chi connectivity index (χ1n) is 23.3. The highest BCUT2D eigenvalue weighted by molar-refractivity contribution is 6.39. The maximum atomic E-state index is 14.3. The van der Waals surface area contributed by atoms with Gasteiger partial charge in [-0.05, 0) is 101 Å². The third-order valence-corrected chi connectivity index (χ3v) is 14.0. The van der Waals surface area contributed by atoms with Crippen LogP contribution in [0.4, 0.5) is 0 Å². The van der Waals surface area contributed by atoms with E-state index in [1.54, 1.807) is 27.9 Å². The molecule has 0 aromatic heterocycles. The Bertz CT molecular complexity index is 1740. The van der Waals surface area contributed by atoms with Crippen molar-refractivity contribution in [1.29, 1.82) is 0 Å². The van der Waals surface area contributed by atoms with Crippen LogP contribution in [-0.2, 0) is 42.9 Å². The number of cyclic esters (lactones) is 1. The molecule has 6 N–H and O–H groups in total. The van der Waals surface area contributed by atoms with Gasteiger partial charge < -0.3 is 50.0 Å². The van der Waals surface area contributed by atoms with Crippen molar-refractivity contribution in [3.05, 3.63) is 47.6 Å². The lowest BCUT2D eigenvalue weighted by Gasteiger charge is -2.42. The molecule has 1 saturated carbocycles. The van der Waals surface area contributed by atoms with Gasteiger partial charge in [-0.2, -0.15) is 0 Å². The molecule has 1 amide bonds. The van der Waals surface area contributed by atoms with E-state index in [0.29, 0.717) is 64.2 Å². The Balaban J connectivity index is 1.69. The normalized spacial score (nSPS) is 39.5. The highest BCUT2D eigenvalue weighted by atomic mass is 16.6. The minimum atomic E-state index is -2.46. The standard InChI is InChI=1S/C49H76N2O13/c1-28-14-10-9-11-15-29(2)40(61-7)26-35-19-17-33(6)49(60,64-35)46(57)47(58)51-21-13-12-16-37(51)48(59)63-41(36(50)24-34-18-20-38(52)42(25-34)62-8)27-39(53)30(3)23-32(5)44(55)45(56)43(54)31(4)22-28/h9-11,14-15,23,28,30-31,33-38,40-42,44-45,52,55-56,60H,12-13,16-22,24-27,50H2,1-8H3/b11-9?,14-10+,29-15?,32-23+/t28-,30-,31-,33-,34+,35+,36-,37+,38-,40+,41+,42-,44-,45+,49-/m1/s1. The first-order chi connectivity index (χ1) is 30.2. The van der Waals surface area contributed by atoms with Crippen molar-refractivity contribution in [2.75, 3.05) is 20.8 Å². The number of allylic oxidation sites excluding steroid dienone is 6. The second-order valence-electron chi connectivity index (χ2n) is 19.1. The summed E-state index contributed by atoms with van der Waals surface area (Å²) in [6.07, 6.45) is 8.66. The van der Waals surface area contributed by atoms with Crippen molar-refractivity contribution in [2.24, 2.45) is 35.3 Å². The minimum absolute atomic E-state index is 0.0229. The van der Waals surface area contributed by atoms with Crippen LogP contribution in [0.5, 0.6) is 0 Å². The van der Waals surface area contributed by atoms with Crippen molar-refractivity contribution in [3.8, 4) is 0 Å². The Morgan fingerprint density at radius 3 is 2.27 bits per heavy atom. The quantitative estimate of drug-likeness (QED) is 0.148. The number of aliphatic hydroxyl groups excluding tert-OH is 3. The van der Waals surface area contributed by atoms with E-state index in [0.717, 1.165) is 10.5 Å². The first-order valence-corrected chi connectivity index (χ1v) is 23.3. The van der Waals surface area contributed by atoms with Gasteiger partial charge in [-0.3, -0.25) is 19.2 Å². The van der Waals surface area contributed by atoms with Crippen LogP contribution >= 0.6 is 0 Å². The largest absolute Gasteiger partial charge is 0.459 e. The van der Waals surface area contributed by atoms with E-state index in [-0.39, 0.29) is 36.8 Å². The van der Waals surface area contributed by atoms with E-state index < -0.39 is 108 Å². The number of esters is 1. The van der Waals surface area contributed by atoms with Crippen LogP contribution in [0, 0.1) is 29.6 Å². The molecule has 64 heavy (non-hydrogen) atoms. The highest BCUT2D eigenvalue weighted by Crippen LogP contribution is 2.37. The number of amides is 1. The summed E-state index contributed by atoms with van der Waals surface area (Å²) in [7, 11) is 3.08. The van der Waals surface area contributed by atoms with Gasteiger partial charge in [0.2, 0.25) is 5.79 Å². The molecule has 2 bridgehead atoms. The predicted octanol–water partition coefficient (Wildman–Crippen LogP) is 4.22. The Morgan fingerprint density at radius 1 is 0.859 bits per heavy atom. The number of fused-ring (bicyclic) bond motifs is 3. The zero-order chi connectivity index (χ0) is 47.5. The Kier molecular flexibility index (Phi) is 20.3. The van der Waals surface area contributed by atoms with Gasteiger partial charge in [0.15, 0.2) is 5.78 Å². The molecule has 15 nitrogen and oxygen atoms in total. The fraction of sp³-hybridized carbons (Fsp3) is 0.735. The minimum Gasteiger partial charge on any atom is -0.459 e. The molecule has 360 valence electrons. The molecule has 1 aliphatic carbocycles. The lowest BCUT2D eigenvalue weighted by atomic mass is 9.80. The van der Waals surface area contributed by atoms with Crippen molar-refractivity contribution in [2.45, 2.75) is 179 Å². The summed E-state index contributed by atoms with van der Waals surface area (Å²) in [5, 5.41) is 44.4. The highest BCUT2D eigenvalue weighted by Gasteiger charge is 2.53. The fourth-order valence-electron chi connectivity index (χ4n) is 9.67. The molecule has 0 radical (unpaired) electrons. The van der Waals surface area contributed by atoms with Gasteiger partial charge in [0, 0.05) is 57.4 Å². The molecule has 15 atom stereocenters. The number of Topliss-reactive ketones (excluding diaryl/α,β-unsaturated/α-hetero) is 3. The molecular weight excluding hydrogens is 825 g/mol. The second kappa shape index (κ2) is 24.4. The van der Waals surface area contributed by atoms with Gasteiger partial charge in [-0.15, -0.1) is 0 Å². The molecule has 0 unspecified atom stereocenters. The van der Waals surface area contributed by atoms with Crippen LogP contribution in [0.1, 0.15) is 119 Å². The summed E-state index contributed by atoms with van der Waals surface area (Å²) >= 11 is 0. The van der Waals surface area contributed by atoms with Crippen molar-refractivity contribution in [1.82, 2.24) is 4.90 Å². The molecular formula is C49H76N2O13. The topological polar surface area (TPSA) is 232 Å². The fourth-order valence-corrected chi connectivity index (χ4v) is 9.67. The molecule has 4 rings (SSSR count). The Labute approximate surface area is 379 Å². The number of nitrogens with zero attached hydrogens (tertiary/aromatic N) is 1. The summed E-state index contributed by atoms with van der Waals surface area (Å²) in [4.78, 5) is 71.0. The number of hydrogen-bond donors (Lipinski definition) is 5. The van der Waals surface area contributed by atoms with E-state index in [1.165, 1.54) is 20.1 Å². The molecule has 2 saturated heterocycles. The maximum Gasteiger partial charge on any atom is 0.329 e. The average Bonchev–Trinajstić information content (AvgIpc) is 3.27. The van der Waals surface area contributed by atoms with Crippen LogP contribution in [0.25, 0.3) is 0 Å². The summed E-state index contributed by atoms with van der Waals surface area (Å²) < 4.78 is 23.5.